The summed E-state index contributed by atoms with van der Waals surface area (Å²) in [6.07, 6.45) is 0. The molecule has 1 nitrogen and oxygen atoms in total. The molecule has 0 spiro atoms. The Labute approximate surface area is 162 Å². The summed E-state index contributed by atoms with van der Waals surface area (Å²) in [7, 11) is 0. The molecule has 5 rings (SSSR count). The second kappa shape index (κ2) is 5.72. The summed E-state index contributed by atoms with van der Waals surface area (Å²) in [5.74, 6) is 0. The molecule has 25 heavy (non-hydrogen) atoms. The third-order valence-corrected chi connectivity index (χ3v) is 5.67. The second-order valence-electron chi connectivity index (χ2n) is 6.19. The Kier molecular flexibility index (Phi) is 3.47. The number of benzene rings is 4. The van der Waals surface area contributed by atoms with Crippen LogP contribution in [0, 0.1) is 0 Å². The van der Waals surface area contributed by atoms with Gasteiger partial charge in [0.15, 0.2) is 0 Å². The van der Waals surface area contributed by atoms with Crippen LogP contribution in [-0.4, -0.2) is 4.57 Å². The lowest BCUT2D eigenvalue weighted by atomic mass is 10.1. The van der Waals surface area contributed by atoms with Crippen molar-refractivity contribution >= 4 is 64.4 Å². The summed E-state index contributed by atoms with van der Waals surface area (Å²) in [4.78, 5) is 0. The van der Waals surface area contributed by atoms with E-state index >= 15 is 0 Å². The van der Waals surface area contributed by atoms with E-state index in [0.717, 1.165) is 8.95 Å². The third-order valence-electron chi connectivity index (χ3n) is 4.68. The van der Waals surface area contributed by atoms with Gasteiger partial charge in [0.05, 0.1) is 11.0 Å². The normalized spacial score (nSPS) is 11.6. The van der Waals surface area contributed by atoms with Crippen LogP contribution in [0.25, 0.3) is 38.3 Å². The number of aromatic nitrogens is 1. The first kappa shape index (κ1) is 15.2. The van der Waals surface area contributed by atoms with Crippen LogP contribution in [0.1, 0.15) is 0 Å². The fraction of sp³-hybridized carbons (Fsp3) is 0. The minimum atomic E-state index is 1.09. The van der Waals surface area contributed by atoms with Gasteiger partial charge in [0.1, 0.15) is 0 Å². The highest BCUT2D eigenvalue weighted by molar-refractivity contribution is 9.10. The highest BCUT2D eigenvalue weighted by atomic mass is 79.9. The zero-order valence-corrected chi connectivity index (χ0v) is 16.4. The van der Waals surface area contributed by atoms with Crippen LogP contribution in [0.4, 0.5) is 0 Å². The lowest BCUT2D eigenvalue weighted by Gasteiger charge is -2.09. The molecular formula is C22H13Br2N. The van der Waals surface area contributed by atoms with Crippen LogP contribution in [0.3, 0.4) is 0 Å². The Morgan fingerprint density at radius 2 is 1.16 bits per heavy atom. The summed E-state index contributed by atoms with van der Waals surface area (Å²) in [5, 5.41) is 5.03. The highest BCUT2D eigenvalue weighted by Gasteiger charge is 2.13. The van der Waals surface area contributed by atoms with E-state index in [1.807, 2.05) is 0 Å². The van der Waals surface area contributed by atoms with E-state index in [9.17, 15) is 0 Å². The molecule has 0 saturated carbocycles. The van der Waals surface area contributed by atoms with Crippen molar-refractivity contribution in [3.8, 4) is 5.69 Å². The Hall–Kier alpha value is -2.10. The Bertz CT molecular complexity index is 1210. The molecule has 0 amide bonds. The minimum absolute atomic E-state index is 1.09. The molecule has 0 atom stereocenters. The number of fused-ring (bicyclic) bond motifs is 4. The molecule has 0 aliphatic carbocycles. The molecule has 0 radical (unpaired) electrons. The zero-order valence-electron chi connectivity index (χ0n) is 13.2. The average Bonchev–Trinajstić information content (AvgIpc) is 2.93. The lowest BCUT2D eigenvalue weighted by molar-refractivity contribution is 1.18. The SMILES string of the molecule is Brc1ccc2c3ccc(Br)cc3n(-c3ccc4ccccc4c3)c2c1. The smallest absolute Gasteiger partial charge is 0.0552 e. The van der Waals surface area contributed by atoms with Gasteiger partial charge in [-0.05, 0) is 47.2 Å². The number of halogens is 2. The maximum absolute atomic E-state index is 3.63. The van der Waals surface area contributed by atoms with E-state index in [2.05, 4.69) is 115 Å². The molecule has 3 heteroatoms. The van der Waals surface area contributed by atoms with Gasteiger partial charge in [0.25, 0.3) is 0 Å². The molecule has 0 aliphatic rings. The van der Waals surface area contributed by atoms with Crippen LogP contribution in [-0.2, 0) is 0 Å². The molecule has 0 fully saturated rings. The first-order valence-corrected chi connectivity index (χ1v) is 9.68. The topological polar surface area (TPSA) is 4.93 Å². The van der Waals surface area contributed by atoms with Crippen molar-refractivity contribution in [3.63, 3.8) is 0 Å². The van der Waals surface area contributed by atoms with Gasteiger partial charge in [-0.25, -0.2) is 0 Å². The van der Waals surface area contributed by atoms with E-state index in [-0.39, 0.29) is 0 Å². The first-order valence-electron chi connectivity index (χ1n) is 8.09. The molecule has 0 bridgehead atoms. The minimum Gasteiger partial charge on any atom is -0.309 e. The number of hydrogen-bond acceptors (Lipinski definition) is 0. The highest BCUT2D eigenvalue weighted by Crippen LogP contribution is 2.35. The predicted octanol–water partition coefficient (Wildman–Crippen LogP) is 7.46. The van der Waals surface area contributed by atoms with E-state index in [4.69, 9.17) is 0 Å². The maximum atomic E-state index is 3.63. The standard InChI is InChI=1S/C22H13Br2N/c23-16-6-9-19-20-10-7-17(24)13-22(20)25(21(19)12-16)18-8-5-14-3-1-2-4-15(14)11-18/h1-13H. The van der Waals surface area contributed by atoms with Gasteiger partial charge in [-0.15, -0.1) is 0 Å². The fourth-order valence-corrected chi connectivity index (χ4v) is 4.26. The summed E-state index contributed by atoms with van der Waals surface area (Å²) in [5.41, 5.74) is 3.59. The van der Waals surface area contributed by atoms with Crippen molar-refractivity contribution < 1.29 is 0 Å². The summed E-state index contributed by atoms with van der Waals surface area (Å²) in [6, 6.07) is 28.1. The van der Waals surface area contributed by atoms with Gasteiger partial charge >= 0.3 is 0 Å². The van der Waals surface area contributed by atoms with Gasteiger partial charge in [-0.2, -0.15) is 0 Å². The maximum Gasteiger partial charge on any atom is 0.0552 e. The van der Waals surface area contributed by atoms with Crippen molar-refractivity contribution in [3.05, 3.63) is 87.8 Å². The van der Waals surface area contributed by atoms with Crippen LogP contribution in [0.2, 0.25) is 0 Å². The summed E-state index contributed by atoms with van der Waals surface area (Å²) in [6.45, 7) is 0. The Morgan fingerprint density at radius 1 is 0.560 bits per heavy atom. The molecule has 0 aliphatic heterocycles. The summed E-state index contributed by atoms with van der Waals surface area (Å²) < 4.78 is 4.51. The largest absolute Gasteiger partial charge is 0.309 e. The van der Waals surface area contributed by atoms with Gasteiger partial charge in [-0.1, -0.05) is 74.3 Å². The predicted molar refractivity (Wildman–Crippen MR) is 114 cm³/mol. The van der Waals surface area contributed by atoms with E-state index in [1.54, 1.807) is 0 Å². The van der Waals surface area contributed by atoms with Gasteiger partial charge in [0, 0.05) is 25.4 Å². The van der Waals surface area contributed by atoms with Gasteiger partial charge < -0.3 is 4.57 Å². The lowest BCUT2D eigenvalue weighted by Crippen LogP contribution is -1.93. The first-order chi connectivity index (χ1) is 12.2. The molecule has 1 heterocycles. The molecule has 1 aromatic heterocycles. The third kappa shape index (κ3) is 2.42. The van der Waals surface area contributed by atoms with Crippen LogP contribution in [0.15, 0.2) is 87.8 Å². The van der Waals surface area contributed by atoms with Crippen molar-refractivity contribution in [2.24, 2.45) is 0 Å². The Morgan fingerprint density at radius 3 is 1.80 bits per heavy atom. The second-order valence-corrected chi connectivity index (χ2v) is 8.02. The molecule has 0 N–H and O–H groups in total. The van der Waals surface area contributed by atoms with Crippen LogP contribution in [0.5, 0.6) is 0 Å². The van der Waals surface area contributed by atoms with E-state index in [0.29, 0.717) is 0 Å². The van der Waals surface area contributed by atoms with Crippen molar-refractivity contribution in [1.29, 1.82) is 0 Å². The molecule has 5 aromatic rings. The van der Waals surface area contributed by atoms with Gasteiger partial charge in [-0.3, -0.25) is 0 Å². The molecular weight excluding hydrogens is 438 g/mol. The number of rotatable bonds is 1. The fourth-order valence-electron chi connectivity index (χ4n) is 3.56. The van der Waals surface area contributed by atoms with Crippen molar-refractivity contribution in [2.45, 2.75) is 0 Å². The molecule has 4 aromatic carbocycles. The number of nitrogens with zero attached hydrogens (tertiary/aromatic N) is 1. The van der Waals surface area contributed by atoms with E-state index < -0.39 is 0 Å². The monoisotopic (exact) mass is 449 g/mol. The van der Waals surface area contributed by atoms with Crippen LogP contribution >= 0.6 is 31.9 Å². The molecule has 0 unspecified atom stereocenters. The summed E-state index contributed by atoms with van der Waals surface area (Å²) >= 11 is 7.26. The quantitative estimate of drug-likeness (QED) is 0.249. The van der Waals surface area contributed by atoms with E-state index in [1.165, 1.54) is 38.3 Å². The van der Waals surface area contributed by atoms with Gasteiger partial charge in [0.2, 0.25) is 0 Å². The Balaban J connectivity index is 1.94. The number of hydrogen-bond donors (Lipinski definition) is 0. The van der Waals surface area contributed by atoms with Crippen LogP contribution < -0.4 is 0 Å². The van der Waals surface area contributed by atoms with Crippen molar-refractivity contribution in [1.82, 2.24) is 4.57 Å². The average molecular weight is 451 g/mol. The van der Waals surface area contributed by atoms with Crippen molar-refractivity contribution in [2.75, 3.05) is 0 Å². The zero-order chi connectivity index (χ0) is 17.0. The molecule has 120 valence electrons. The molecule has 0 saturated heterocycles.